The molecule has 0 fully saturated rings. The van der Waals surface area contributed by atoms with Gasteiger partial charge in [-0.05, 0) is 31.4 Å². The molecule has 1 unspecified atom stereocenters. The van der Waals surface area contributed by atoms with E-state index in [1.54, 1.807) is 4.57 Å². The van der Waals surface area contributed by atoms with Crippen LogP contribution in [0.3, 0.4) is 0 Å². The summed E-state index contributed by atoms with van der Waals surface area (Å²) < 4.78 is 1.66. The molecule has 0 saturated heterocycles. The second-order valence-electron chi connectivity index (χ2n) is 6.64. The van der Waals surface area contributed by atoms with E-state index in [2.05, 4.69) is 20.5 Å². The van der Waals surface area contributed by atoms with Gasteiger partial charge in [0, 0.05) is 35.6 Å². The van der Waals surface area contributed by atoms with E-state index >= 15 is 0 Å². The van der Waals surface area contributed by atoms with Gasteiger partial charge in [0.15, 0.2) is 0 Å². The standard InChI is InChI=1S/C18H21N5O2/c1-11-14(13-4-2-3-5-15(13)19-11)10-17(24)20-12-6-7-16-21-22-18(25)23(16)9-8-12/h2-5,12,19H,6-10H2,1H3,(H,20,24)(H,22,25). The molecule has 3 N–H and O–H groups in total. The second-order valence-corrected chi connectivity index (χ2v) is 6.64. The predicted octanol–water partition coefficient (Wildman–Crippen LogP) is 1.42. The van der Waals surface area contributed by atoms with E-state index in [1.807, 2.05) is 31.2 Å². The van der Waals surface area contributed by atoms with Crippen LogP contribution in [0.1, 0.15) is 29.9 Å². The lowest BCUT2D eigenvalue weighted by Crippen LogP contribution is -2.36. The van der Waals surface area contributed by atoms with Gasteiger partial charge in [0.1, 0.15) is 5.82 Å². The number of fused-ring (bicyclic) bond motifs is 2. The van der Waals surface area contributed by atoms with Crippen LogP contribution in [0.2, 0.25) is 0 Å². The lowest BCUT2D eigenvalue weighted by Gasteiger charge is -2.16. The van der Waals surface area contributed by atoms with Crippen LogP contribution in [-0.2, 0) is 24.2 Å². The SMILES string of the molecule is Cc1[nH]c2ccccc2c1CC(=O)NC1CCc2n[nH]c(=O)n2CC1. The highest BCUT2D eigenvalue weighted by atomic mass is 16.2. The summed E-state index contributed by atoms with van der Waals surface area (Å²) in [4.78, 5) is 27.6. The maximum atomic E-state index is 12.5. The highest BCUT2D eigenvalue weighted by Crippen LogP contribution is 2.22. The number of amides is 1. The van der Waals surface area contributed by atoms with E-state index < -0.39 is 0 Å². The predicted molar refractivity (Wildman–Crippen MR) is 94.5 cm³/mol. The molecule has 4 rings (SSSR count). The number of H-pyrrole nitrogens is 2. The average molecular weight is 339 g/mol. The average Bonchev–Trinajstić information content (AvgIpc) is 3.02. The van der Waals surface area contributed by atoms with Gasteiger partial charge in [-0.25, -0.2) is 9.89 Å². The van der Waals surface area contributed by atoms with Gasteiger partial charge < -0.3 is 10.3 Å². The van der Waals surface area contributed by atoms with Crippen molar-refractivity contribution in [3.63, 3.8) is 0 Å². The van der Waals surface area contributed by atoms with Crippen molar-refractivity contribution < 1.29 is 4.79 Å². The summed E-state index contributed by atoms with van der Waals surface area (Å²) in [7, 11) is 0. The molecule has 0 bridgehead atoms. The van der Waals surface area contributed by atoms with Crippen LogP contribution in [0.5, 0.6) is 0 Å². The number of aromatic nitrogens is 4. The molecule has 3 aromatic rings. The summed E-state index contributed by atoms with van der Waals surface area (Å²) >= 11 is 0. The van der Waals surface area contributed by atoms with Gasteiger partial charge in [-0.3, -0.25) is 9.36 Å². The number of nitrogens with zero attached hydrogens (tertiary/aromatic N) is 2. The van der Waals surface area contributed by atoms with Gasteiger partial charge in [0.2, 0.25) is 5.91 Å². The van der Waals surface area contributed by atoms with Crippen LogP contribution in [0.15, 0.2) is 29.1 Å². The molecule has 0 saturated carbocycles. The number of benzene rings is 1. The molecule has 25 heavy (non-hydrogen) atoms. The molecule has 3 heterocycles. The van der Waals surface area contributed by atoms with Crippen LogP contribution in [0.4, 0.5) is 0 Å². The van der Waals surface area contributed by atoms with Crippen molar-refractivity contribution in [1.82, 2.24) is 25.1 Å². The Balaban J connectivity index is 1.44. The highest BCUT2D eigenvalue weighted by molar-refractivity contribution is 5.90. The Morgan fingerprint density at radius 2 is 2.20 bits per heavy atom. The third-order valence-electron chi connectivity index (χ3n) is 4.98. The Kier molecular flexibility index (Phi) is 3.91. The number of para-hydroxylation sites is 1. The van der Waals surface area contributed by atoms with E-state index in [-0.39, 0.29) is 17.6 Å². The van der Waals surface area contributed by atoms with Gasteiger partial charge in [-0.15, -0.1) is 0 Å². The van der Waals surface area contributed by atoms with Crippen LogP contribution >= 0.6 is 0 Å². The second kappa shape index (κ2) is 6.23. The molecule has 1 amide bonds. The molecular formula is C18H21N5O2. The molecule has 2 aromatic heterocycles. The lowest BCUT2D eigenvalue weighted by molar-refractivity contribution is -0.121. The Hall–Kier alpha value is -2.83. The molecule has 1 aromatic carbocycles. The zero-order valence-electron chi connectivity index (χ0n) is 14.1. The minimum Gasteiger partial charge on any atom is -0.358 e. The quantitative estimate of drug-likeness (QED) is 0.673. The van der Waals surface area contributed by atoms with E-state index in [0.29, 0.717) is 19.4 Å². The maximum absolute atomic E-state index is 12.5. The summed E-state index contributed by atoms with van der Waals surface area (Å²) in [5.41, 5.74) is 2.97. The molecule has 130 valence electrons. The van der Waals surface area contributed by atoms with Crippen LogP contribution in [0.25, 0.3) is 10.9 Å². The number of hydrogen-bond acceptors (Lipinski definition) is 3. The third kappa shape index (κ3) is 2.97. The number of carbonyl (C=O) groups excluding carboxylic acids is 1. The minimum atomic E-state index is -0.170. The van der Waals surface area contributed by atoms with E-state index in [1.165, 1.54) is 0 Å². The Labute approximate surface area is 144 Å². The van der Waals surface area contributed by atoms with Crippen LogP contribution in [0, 0.1) is 6.92 Å². The number of hydrogen-bond donors (Lipinski definition) is 3. The smallest absolute Gasteiger partial charge is 0.343 e. The Bertz CT molecular complexity index is 981. The van der Waals surface area contributed by atoms with E-state index in [0.717, 1.165) is 40.8 Å². The minimum absolute atomic E-state index is 0.0197. The Morgan fingerprint density at radius 3 is 3.08 bits per heavy atom. The molecule has 1 aliphatic rings. The maximum Gasteiger partial charge on any atom is 0.343 e. The molecule has 7 nitrogen and oxygen atoms in total. The molecule has 0 aliphatic carbocycles. The third-order valence-corrected chi connectivity index (χ3v) is 4.98. The van der Waals surface area contributed by atoms with Crippen molar-refractivity contribution >= 4 is 16.8 Å². The summed E-state index contributed by atoms with van der Waals surface area (Å²) in [5, 5.41) is 10.8. The molecule has 7 heteroatoms. The number of nitrogens with one attached hydrogen (secondary N) is 3. The van der Waals surface area contributed by atoms with Crippen molar-refractivity contribution in [2.75, 3.05) is 0 Å². The first-order valence-electron chi connectivity index (χ1n) is 8.61. The van der Waals surface area contributed by atoms with Crippen molar-refractivity contribution in [2.24, 2.45) is 0 Å². The number of aryl methyl sites for hydroxylation is 2. The first-order chi connectivity index (χ1) is 12.1. The topological polar surface area (TPSA) is 95.6 Å². The fourth-order valence-electron chi connectivity index (χ4n) is 3.65. The number of carbonyl (C=O) groups is 1. The zero-order valence-corrected chi connectivity index (χ0v) is 14.1. The fraction of sp³-hybridized carbons (Fsp3) is 0.389. The van der Waals surface area contributed by atoms with E-state index in [9.17, 15) is 9.59 Å². The van der Waals surface area contributed by atoms with Crippen molar-refractivity contribution in [3.8, 4) is 0 Å². The zero-order chi connectivity index (χ0) is 17.4. The summed E-state index contributed by atoms with van der Waals surface area (Å²) in [5.74, 6) is 0.792. The summed E-state index contributed by atoms with van der Waals surface area (Å²) in [6.45, 7) is 2.58. The summed E-state index contributed by atoms with van der Waals surface area (Å²) in [6.07, 6.45) is 2.58. The lowest BCUT2D eigenvalue weighted by atomic mass is 10.1. The van der Waals surface area contributed by atoms with Gasteiger partial charge in [-0.1, -0.05) is 18.2 Å². The largest absolute Gasteiger partial charge is 0.358 e. The van der Waals surface area contributed by atoms with Crippen LogP contribution in [-0.4, -0.2) is 31.7 Å². The van der Waals surface area contributed by atoms with Gasteiger partial charge >= 0.3 is 5.69 Å². The highest BCUT2D eigenvalue weighted by Gasteiger charge is 2.21. The molecule has 1 atom stereocenters. The molecular weight excluding hydrogens is 318 g/mol. The van der Waals surface area contributed by atoms with Gasteiger partial charge in [-0.2, -0.15) is 5.10 Å². The fourth-order valence-corrected chi connectivity index (χ4v) is 3.65. The van der Waals surface area contributed by atoms with Crippen LogP contribution < -0.4 is 11.0 Å². The normalized spacial score (nSPS) is 17.2. The Morgan fingerprint density at radius 1 is 1.36 bits per heavy atom. The van der Waals surface area contributed by atoms with Gasteiger partial charge in [0.05, 0.1) is 6.42 Å². The summed E-state index contributed by atoms with van der Waals surface area (Å²) in [6, 6.07) is 8.10. The van der Waals surface area contributed by atoms with Crippen molar-refractivity contribution in [2.45, 2.75) is 45.2 Å². The van der Waals surface area contributed by atoms with E-state index in [4.69, 9.17) is 0 Å². The number of rotatable bonds is 3. The monoisotopic (exact) mass is 339 g/mol. The van der Waals surface area contributed by atoms with Gasteiger partial charge in [0.25, 0.3) is 0 Å². The first-order valence-corrected chi connectivity index (χ1v) is 8.61. The molecule has 1 aliphatic heterocycles. The number of aromatic amines is 2. The van der Waals surface area contributed by atoms with Crippen molar-refractivity contribution in [1.29, 1.82) is 0 Å². The first kappa shape index (κ1) is 15.7. The van der Waals surface area contributed by atoms with Crippen molar-refractivity contribution in [3.05, 3.63) is 51.8 Å². The molecule has 0 spiro atoms. The molecule has 0 radical (unpaired) electrons.